The van der Waals surface area contributed by atoms with Crippen LogP contribution in [0.25, 0.3) is 0 Å². The minimum absolute atomic E-state index is 0.158. The van der Waals surface area contributed by atoms with Crippen molar-refractivity contribution in [2.75, 3.05) is 6.54 Å². The van der Waals surface area contributed by atoms with Gasteiger partial charge in [0.1, 0.15) is 12.0 Å². The van der Waals surface area contributed by atoms with Crippen LogP contribution in [0.3, 0.4) is 0 Å². The lowest BCUT2D eigenvalue weighted by atomic mass is 9.85. The van der Waals surface area contributed by atoms with Gasteiger partial charge >= 0.3 is 0 Å². The monoisotopic (exact) mass is 290 g/mol. The molecule has 1 aliphatic carbocycles. The third-order valence-corrected chi connectivity index (χ3v) is 4.71. The molecule has 2 atom stereocenters. The maximum atomic E-state index is 13.5. The normalized spacial score (nSPS) is 26.5. The van der Waals surface area contributed by atoms with E-state index in [1.54, 1.807) is 6.07 Å². The SMILES string of the molecule is CC(C)C1NC(c2cccc(F)c2)N(CC2CCC2)C1=O. The molecule has 2 unspecified atom stereocenters. The van der Waals surface area contributed by atoms with Gasteiger partial charge in [-0.25, -0.2) is 4.39 Å². The summed E-state index contributed by atoms with van der Waals surface area (Å²) in [6.45, 7) is 4.88. The van der Waals surface area contributed by atoms with Crippen molar-refractivity contribution in [3.63, 3.8) is 0 Å². The van der Waals surface area contributed by atoms with E-state index >= 15 is 0 Å². The van der Waals surface area contributed by atoms with E-state index in [0.717, 1.165) is 12.1 Å². The topological polar surface area (TPSA) is 32.3 Å². The molecule has 1 aliphatic heterocycles. The summed E-state index contributed by atoms with van der Waals surface area (Å²) < 4.78 is 13.5. The summed E-state index contributed by atoms with van der Waals surface area (Å²) in [4.78, 5) is 14.6. The molecule has 2 fully saturated rings. The van der Waals surface area contributed by atoms with Crippen LogP contribution in [0.15, 0.2) is 24.3 Å². The Bertz CT molecular complexity index is 527. The number of halogens is 1. The second kappa shape index (κ2) is 5.76. The van der Waals surface area contributed by atoms with Crippen LogP contribution in [0.1, 0.15) is 44.8 Å². The Kier molecular flexibility index (Phi) is 3.98. The zero-order valence-corrected chi connectivity index (χ0v) is 12.7. The summed E-state index contributed by atoms with van der Waals surface area (Å²) in [6.07, 6.45) is 3.47. The zero-order valence-electron chi connectivity index (χ0n) is 12.7. The minimum Gasteiger partial charge on any atom is -0.321 e. The van der Waals surface area contributed by atoms with Gasteiger partial charge < -0.3 is 4.90 Å². The largest absolute Gasteiger partial charge is 0.321 e. The summed E-state index contributed by atoms with van der Waals surface area (Å²) in [5.41, 5.74) is 0.839. The van der Waals surface area contributed by atoms with Gasteiger partial charge in [-0.2, -0.15) is 0 Å². The van der Waals surface area contributed by atoms with Crippen molar-refractivity contribution in [1.29, 1.82) is 0 Å². The van der Waals surface area contributed by atoms with E-state index in [1.165, 1.54) is 31.4 Å². The summed E-state index contributed by atoms with van der Waals surface area (Å²) in [6, 6.07) is 6.40. The van der Waals surface area contributed by atoms with Gasteiger partial charge in [0.05, 0.1) is 6.04 Å². The highest BCUT2D eigenvalue weighted by molar-refractivity contribution is 5.84. The molecule has 0 bridgehead atoms. The maximum absolute atomic E-state index is 13.5. The average molecular weight is 290 g/mol. The number of amides is 1. The molecule has 0 aromatic heterocycles. The molecular weight excluding hydrogens is 267 g/mol. The smallest absolute Gasteiger partial charge is 0.241 e. The molecule has 21 heavy (non-hydrogen) atoms. The van der Waals surface area contributed by atoms with Crippen molar-refractivity contribution in [2.45, 2.75) is 45.3 Å². The first kappa shape index (κ1) is 14.5. The molecule has 1 aromatic rings. The number of hydrogen-bond donors (Lipinski definition) is 1. The summed E-state index contributed by atoms with van der Waals surface area (Å²) >= 11 is 0. The molecule has 2 aliphatic rings. The first-order chi connectivity index (χ1) is 10.1. The van der Waals surface area contributed by atoms with Crippen LogP contribution in [0, 0.1) is 17.7 Å². The number of nitrogens with one attached hydrogen (secondary N) is 1. The fourth-order valence-electron chi connectivity index (χ4n) is 3.22. The van der Waals surface area contributed by atoms with Crippen LogP contribution in [0.2, 0.25) is 0 Å². The van der Waals surface area contributed by atoms with E-state index < -0.39 is 0 Å². The number of nitrogens with zero attached hydrogens (tertiary/aromatic N) is 1. The van der Waals surface area contributed by atoms with Gasteiger partial charge in [0.15, 0.2) is 0 Å². The average Bonchev–Trinajstić information content (AvgIpc) is 2.71. The van der Waals surface area contributed by atoms with E-state index in [9.17, 15) is 9.18 Å². The molecule has 0 radical (unpaired) electrons. The first-order valence-electron chi connectivity index (χ1n) is 7.88. The fourth-order valence-corrected chi connectivity index (χ4v) is 3.22. The number of hydrogen-bond acceptors (Lipinski definition) is 2. The Morgan fingerprint density at radius 2 is 2.14 bits per heavy atom. The van der Waals surface area contributed by atoms with Crippen molar-refractivity contribution in [3.8, 4) is 0 Å². The molecule has 1 saturated carbocycles. The van der Waals surface area contributed by atoms with Crippen LogP contribution >= 0.6 is 0 Å². The van der Waals surface area contributed by atoms with E-state index in [1.807, 2.05) is 24.8 Å². The lowest BCUT2D eigenvalue weighted by Crippen LogP contribution is -2.38. The second-order valence-electron chi connectivity index (χ2n) is 6.63. The lowest BCUT2D eigenvalue weighted by molar-refractivity contribution is -0.131. The van der Waals surface area contributed by atoms with Crippen LogP contribution in [-0.2, 0) is 4.79 Å². The van der Waals surface area contributed by atoms with Gasteiger partial charge in [-0.3, -0.25) is 10.1 Å². The van der Waals surface area contributed by atoms with Gasteiger partial charge in [0.2, 0.25) is 5.91 Å². The summed E-state index contributed by atoms with van der Waals surface area (Å²) in [5, 5.41) is 3.40. The molecule has 4 heteroatoms. The molecule has 1 heterocycles. The molecule has 114 valence electrons. The predicted molar refractivity (Wildman–Crippen MR) is 80.0 cm³/mol. The van der Waals surface area contributed by atoms with Crippen molar-refractivity contribution in [1.82, 2.24) is 10.2 Å². The minimum atomic E-state index is -0.252. The van der Waals surface area contributed by atoms with Gasteiger partial charge in [-0.05, 0) is 42.4 Å². The third-order valence-electron chi connectivity index (χ3n) is 4.71. The Labute approximate surface area is 125 Å². The van der Waals surface area contributed by atoms with E-state index in [4.69, 9.17) is 0 Å². The van der Waals surface area contributed by atoms with E-state index in [0.29, 0.717) is 5.92 Å². The number of carbonyl (C=O) groups is 1. The van der Waals surface area contributed by atoms with Gasteiger partial charge in [0.25, 0.3) is 0 Å². The van der Waals surface area contributed by atoms with Crippen molar-refractivity contribution >= 4 is 5.91 Å². The van der Waals surface area contributed by atoms with Gasteiger partial charge in [0, 0.05) is 6.54 Å². The molecular formula is C17H23FN2O. The molecule has 3 nitrogen and oxygen atoms in total. The summed E-state index contributed by atoms with van der Waals surface area (Å²) in [7, 11) is 0. The van der Waals surface area contributed by atoms with Crippen LogP contribution in [0.5, 0.6) is 0 Å². The fraction of sp³-hybridized carbons (Fsp3) is 0.588. The van der Waals surface area contributed by atoms with Gasteiger partial charge in [-0.1, -0.05) is 32.4 Å². The summed E-state index contributed by atoms with van der Waals surface area (Å²) in [5.74, 6) is 0.752. The van der Waals surface area contributed by atoms with Crippen molar-refractivity contribution in [3.05, 3.63) is 35.6 Å². The molecule has 1 saturated heterocycles. The van der Waals surface area contributed by atoms with E-state index in [2.05, 4.69) is 5.32 Å². The number of benzene rings is 1. The Morgan fingerprint density at radius 1 is 1.38 bits per heavy atom. The van der Waals surface area contributed by atoms with Gasteiger partial charge in [-0.15, -0.1) is 0 Å². The Balaban J connectivity index is 1.85. The standard InChI is InChI=1S/C17H23FN2O/c1-11(2)15-17(21)20(10-12-5-3-6-12)16(19-15)13-7-4-8-14(18)9-13/h4,7-9,11-12,15-16,19H,3,5-6,10H2,1-2H3. The van der Waals surface area contributed by atoms with Crippen LogP contribution in [0.4, 0.5) is 4.39 Å². The predicted octanol–water partition coefficient (Wildman–Crippen LogP) is 3.08. The molecule has 0 spiro atoms. The Morgan fingerprint density at radius 3 is 2.71 bits per heavy atom. The van der Waals surface area contributed by atoms with E-state index in [-0.39, 0.29) is 29.8 Å². The lowest BCUT2D eigenvalue weighted by Gasteiger charge is -2.33. The number of carbonyl (C=O) groups excluding carboxylic acids is 1. The molecule has 1 amide bonds. The van der Waals surface area contributed by atoms with Crippen LogP contribution < -0.4 is 5.32 Å². The Hall–Kier alpha value is -1.42. The van der Waals surface area contributed by atoms with Crippen LogP contribution in [-0.4, -0.2) is 23.4 Å². The third kappa shape index (κ3) is 2.82. The molecule has 1 aromatic carbocycles. The highest BCUT2D eigenvalue weighted by Gasteiger charge is 2.42. The number of rotatable bonds is 4. The maximum Gasteiger partial charge on any atom is 0.241 e. The van der Waals surface area contributed by atoms with Crippen molar-refractivity contribution < 1.29 is 9.18 Å². The second-order valence-corrected chi connectivity index (χ2v) is 6.63. The molecule has 1 N–H and O–H groups in total. The quantitative estimate of drug-likeness (QED) is 0.924. The highest BCUT2D eigenvalue weighted by Crippen LogP contribution is 2.34. The molecule has 3 rings (SSSR count). The highest BCUT2D eigenvalue weighted by atomic mass is 19.1. The first-order valence-corrected chi connectivity index (χ1v) is 7.88. The zero-order chi connectivity index (χ0) is 15.0. The van der Waals surface area contributed by atoms with Crippen molar-refractivity contribution in [2.24, 2.45) is 11.8 Å².